The predicted octanol–water partition coefficient (Wildman–Crippen LogP) is 4.27. The first-order chi connectivity index (χ1) is 15.0. The van der Waals surface area contributed by atoms with E-state index < -0.39 is 11.8 Å². The van der Waals surface area contributed by atoms with Gasteiger partial charge in [0.05, 0.1) is 6.54 Å². The van der Waals surface area contributed by atoms with Crippen LogP contribution in [0.3, 0.4) is 0 Å². The molecule has 7 heteroatoms. The van der Waals surface area contributed by atoms with Crippen molar-refractivity contribution in [2.45, 2.75) is 13.5 Å². The topological polar surface area (TPSA) is 87.2 Å². The summed E-state index contributed by atoms with van der Waals surface area (Å²) in [7, 11) is 0. The zero-order valence-electron chi connectivity index (χ0n) is 16.5. The summed E-state index contributed by atoms with van der Waals surface area (Å²) < 4.78 is 18.9. The summed E-state index contributed by atoms with van der Waals surface area (Å²) in [5.74, 6) is -0.647. The summed E-state index contributed by atoms with van der Waals surface area (Å²) in [4.78, 5) is 30.9. The van der Waals surface area contributed by atoms with Gasteiger partial charge in [-0.05, 0) is 66.6 Å². The van der Waals surface area contributed by atoms with Gasteiger partial charge in [0.15, 0.2) is 0 Å². The van der Waals surface area contributed by atoms with Crippen molar-refractivity contribution in [2.24, 2.45) is 0 Å². The number of benzene rings is 1. The van der Waals surface area contributed by atoms with Crippen molar-refractivity contribution in [3.05, 3.63) is 94.8 Å². The molecule has 4 rings (SSSR count). The van der Waals surface area contributed by atoms with E-state index in [0.717, 1.165) is 4.90 Å². The Labute approximate surface area is 177 Å². The van der Waals surface area contributed by atoms with Gasteiger partial charge in [-0.15, -0.1) is 0 Å². The molecule has 0 unspecified atom stereocenters. The van der Waals surface area contributed by atoms with Crippen molar-refractivity contribution in [1.29, 1.82) is 5.26 Å². The van der Waals surface area contributed by atoms with Gasteiger partial charge in [-0.25, -0.2) is 4.39 Å². The molecule has 3 heterocycles. The number of nitrogens with zero attached hydrogens (tertiary/aromatic N) is 3. The third kappa shape index (κ3) is 3.91. The number of hydrogen-bond donors (Lipinski definition) is 0. The Morgan fingerprint density at radius 1 is 1.13 bits per heavy atom. The molecule has 0 spiro atoms. The molecular formula is C24H16FN3O3. The zero-order chi connectivity index (χ0) is 22.0. The normalized spacial score (nSPS) is 15.5. The number of rotatable bonds is 4. The molecule has 0 atom stereocenters. The molecular weight excluding hydrogens is 397 g/mol. The van der Waals surface area contributed by atoms with Crippen LogP contribution in [0.4, 0.5) is 4.39 Å². The minimum atomic E-state index is -0.641. The molecule has 1 aliphatic heterocycles. The van der Waals surface area contributed by atoms with Crippen LogP contribution in [0.25, 0.3) is 17.4 Å². The van der Waals surface area contributed by atoms with Crippen LogP contribution in [-0.2, 0) is 16.1 Å². The number of halogens is 1. The number of imide groups is 1. The monoisotopic (exact) mass is 413 g/mol. The number of carbonyl (C=O) groups is 2. The summed E-state index contributed by atoms with van der Waals surface area (Å²) in [6.07, 6.45) is 4.66. The van der Waals surface area contributed by atoms with E-state index in [0.29, 0.717) is 28.2 Å². The van der Waals surface area contributed by atoms with Crippen LogP contribution in [0.15, 0.2) is 82.1 Å². The minimum Gasteiger partial charge on any atom is -0.457 e. The fraction of sp³-hybridized carbons (Fsp3) is 0.0833. The molecule has 6 nitrogen and oxygen atoms in total. The lowest BCUT2D eigenvalue weighted by Crippen LogP contribution is -2.42. The SMILES string of the molecule is CC1=C(C#N)C(=O)N(Cc2cccnc2)C(=O)/C1=C/c1ccc(-c2ccc(F)cc2)o1. The second-order valence-electron chi connectivity index (χ2n) is 6.94. The van der Waals surface area contributed by atoms with E-state index in [-0.39, 0.29) is 23.5 Å². The van der Waals surface area contributed by atoms with Gasteiger partial charge in [0, 0.05) is 23.5 Å². The fourth-order valence-corrected chi connectivity index (χ4v) is 3.29. The lowest BCUT2D eigenvalue weighted by molar-refractivity contribution is -0.141. The van der Waals surface area contributed by atoms with Crippen LogP contribution in [0.5, 0.6) is 0 Å². The second-order valence-corrected chi connectivity index (χ2v) is 6.94. The molecule has 152 valence electrons. The number of aromatic nitrogens is 1. The largest absolute Gasteiger partial charge is 0.457 e. The molecule has 0 saturated carbocycles. The molecule has 31 heavy (non-hydrogen) atoms. The molecule has 0 bridgehead atoms. The molecule has 3 aromatic rings. The maximum atomic E-state index is 13.2. The van der Waals surface area contributed by atoms with Crippen LogP contribution in [0.1, 0.15) is 18.2 Å². The van der Waals surface area contributed by atoms with Gasteiger partial charge < -0.3 is 4.42 Å². The molecule has 1 aromatic carbocycles. The summed E-state index contributed by atoms with van der Waals surface area (Å²) in [5.41, 5.74) is 1.73. The molecule has 2 aromatic heterocycles. The number of hydrogen-bond acceptors (Lipinski definition) is 5. The fourth-order valence-electron chi connectivity index (χ4n) is 3.29. The van der Waals surface area contributed by atoms with Crippen molar-refractivity contribution >= 4 is 17.9 Å². The van der Waals surface area contributed by atoms with E-state index >= 15 is 0 Å². The first kappa shape index (κ1) is 20.0. The third-order valence-corrected chi connectivity index (χ3v) is 4.93. The molecule has 0 fully saturated rings. The van der Waals surface area contributed by atoms with Crippen molar-refractivity contribution in [1.82, 2.24) is 9.88 Å². The van der Waals surface area contributed by atoms with E-state index in [1.54, 1.807) is 55.7 Å². The van der Waals surface area contributed by atoms with Crippen molar-refractivity contribution < 1.29 is 18.4 Å². The summed E-state index contributed by atoms with van der Waals surface area (Å²) in [5, 5.41) is 9.50. The van der Waals surface area contributed by atoms with E-state index in [1.165, 1.54) is 18.2 Å². The number of furan rings is 1. The molecule has 2 amide bonds. The minimum absolute atomic E-state index is 0.000289. The van der Waals surface area contributed by atoms with Crippen molar-refractivity contribution in [2.75, 3.05) is 0 Å². The van der Waals surface area contributed by atoms with Gasteiger partial charge in [0.25, 0.3) is 11.8 Å². The Hall–Kier alpha value is -4.31. The molecule has 0 aliphatic carbocycles. The van der Waals surface area contributed by atoms with Crippen LogP contribution < -0.4 is 0 Å². The average molecular weight is 413 g/mol. The van der Waals surface area contributed by atoms with Gasteiger partial charge >= 0.3 is 0 Å². The maximum absolute atomic E-state index is 13.2. The number of carbonyl (C=O) groups excluding carboxylic acids is 2. The lowest BCUT2D eigenvalue weighted by atomic mass is 9.94. The van der Waals surface area contributed by atoms with Crippen LogP contribution in [-0.4, -0.2) is 21.7 Å². The van der Waals surface area contributed by atoms with Gasteiger partial charge in [-0.2, -0.15) is 5.26 Å². The van der Waals surface area contributed by atoms with Crippen molar-refractivity contribution in [3.63, 3.8) is 0 Å². The van der Waals surface area contributed by atoms with Crippen LogP contribution in [0.2, 0.25) is 0 Å². The van der Waals surface area contributed by atoms with E-state index in [9.17, 15) is 19.2 Å². The summed E-state index contributed by atoms with van der Waals surface area (Å²) >= 11 is 0. The number of amides is 2. The van der Waals surface area contributed by atoms with Crippen LogP contribution in [0, 0.1) is 17.1 Å². The highest BCUT2D eigenvalue weighted by Crippen LogP contribution is 2.30. The third-order valence-electron chi connectivity index (χ3n) is 4.93. The Balaban J connectivity index is 1.71. The summed E-state index contributed by atoms with van der Waals surface area (Å²) in [6.45, 7) is 1.56. The Kier molecular flexibility index (Phi) is 5.29. The van der Waals surface area contributed by atoms with Gasteiger partial charge in [-0.1, -0.05) is 6.07 Å². The highest BCUT2D eigenvalue weighted by molar-refractivity contribution is 6.19. The first-order valence-electron chi connectivity index (χ1n) is 9.42. The molecule has 1 aliphatic rings. The van der Waals surface area contributed by atoms with E-state index in [1.807, 2.05) is 6.07 Å². The quantitative estimate of drug-likeness (QED) is 0.471. The van der Waals surface area contributed by atoms with Gasteiger partial charge in [-0.3, -0.25) is 19.5 Å². The highest BCUT2D eigenvalue weighted by atomic mass is 19.1. The Bertz CT molecular complexity index is 1270. The van der Waals surface area contributed by atoms with Gasteiger partial charge in [0.2, 0.25) is 0 Å². The standard InChI is InChI=1S/C24H16FN3O3/c1-15-20(11-19-8-9-22(31-19)17-4-6-18(25)7-5-17)23(29)28(24(30)21(15)12-26)14-16-3-2-10-27-13-16/h2-11,13H,14H2,1H3/b20-11+. The maximum Gasteiger partial charge on any atom is 0.271 e. The molecule has 0 N–H and O–H groups in total. The predicted molar refractivity (Wildman–Crippen MR) is 110 cm³/mol. The smallest absolute Gasteiger partial charge is 0.271 e. The second kappa shape index (κ2) is 8.20. The van der Waals surface area contributed by atoms with Gasteiger partial charge in [0.1, 0.15) is 29.0 Å². The highest BCUT2D eigenvalue weighted by Gasteiger charge is 2.35. The number of pyridine rings is 1. The average Bonchev–Trinajstić information content (AvgIpc) is 3.24. The number of nitriles is 1. The Morgan fingerprint density at radius 2 is 1.90 bits per heavy atom. The first-order valence-corrected chi connectivity index (χ1v) is 9.42. The van der Waals surface area contributed by atoms with Crippen LogP contribution >= 0.6 is 0 Å². The zero-order valence-corrected chi connectivity index (χ0v) is 16.5. The Morgan fingerprint density at radius 3 is 2.58 bits per heavy atom. The van der Waals surface area contributed by atoms with E-state index in [2.05, 4.69) is 4.98 Å². The van der Waals surface area contributed by atoms with Crippen molar-refractivity contribution in [3.8, 4) is 17.4 Å². The van der Waals surface area contributed by atoms with E-state index in [4.69, 9.17) is 4.42 Å². The lowest BCUT2D eigenvalue weighted by Gasteiger charge is -2.27. The molecule has 0 saturated heterocycles. The summed E-state index contributed by atoms with van der Waals surface area (Å²) in [6, 6.07) is 14.6. The molecule has 0 radical (unpaired) electrons.